The number of Topliss-reactive ketones (excluding diaryl/α,β-unsaturated/α-hetero) is 4. The number of carbonyl (C=O) groups excluding carboxylic acids is 11. The smallest absolute Gasteiger partial charge is 0.326 e. The van der Waals surface area contributed by atoms with Crippen molar-refractivity contribution in [2.75, 3.05) is 130 Å². The summed E-state index contributed by atoms with van der Waals surface area (Å²) in [5.41, 5.74) is 17.5. The molecule has 17 N–H and O–H groups in total. The number of nitrogens with one attached hydrogen (secondary N) is 8. The van der Waals surface area contributed by atoms with E-state index in [1.807, 2.05) is 27.7 Å². The molecule has 3 heterocycles. The zero-order valence-corrected chi connectivity index (χ0v) is 71.0. The molecule has 1 fully saturated rings. The number of likely N-dealkylation sites (N-methyl/N-ethyl adjacent to an activating group) is 1. The fourth-order valence-electron chi connectivity index (χ4n) is 12.2. The number of nitrogen functional groups attached to an aromatic ring is 1. The number of H-pyrrole nitrogens is 1. The van der Waals surface area contributed by atoms with Gasteiger partial charge in [0.05, 0.1) is 123 Å². The van der Waals surface area contributed by atoms with E-state index in [1.54, 1.807) is 50.2 Å². The first-order valence-electron chi connectivity index (χ1n) is 40.0. The highest BCUT2D eigenvalue weighted by Crippen LogP contribution is 2.27. The van der Waals surface area contributed by atoms with E-state index in [2.05, 4.69) is 62.1 Å². The lowest BCUT2D eigenvalue weighted by Gasteiger charge is -2.34. The number of ketones is 4. The Bertz CT molecular complexity index is 3980. The summed E-state index contributed by atoms with van der Waals surface area (Å²) in [6, 6.07) is 9.24. The number of anilines is 2. The maximum absolute atomic E-state index is 14.5. The molecule has 676 valence electrons. The molecule has 121 heavy (non-hydrogen) atoms. The molecule has 6 atom stereocenters. The number of hydrogen-bond donors (Lipinski definition) is 14. The van der Waals surface area contributed by atoms with Crippen LogP contribution < -0.4 is 60.0 Å². The number of guanidine groups is 1. The predicted molar refractivity (Wildman–Crippen MR) is 455 cm³/mol. The van der Waals surface area contributed by atoms with Crippen LogP contribution in [0.25, 0.3) is 11.2 Å². The fourth-order valence-corrected chi connectivity index (χ4v) is 12.2. The van der Waals surface area contributed by atoms with Gasteiger partial charge in [-0.05, 0) is 80.3 Å². The SMILES string of the molecule is C.CC.CC.CC(=O)CC(CO)(COCCC(=O)NCCOCCOCCCC(=O)CC[C@H](NC(=O)c1ccc(NCc2cnc3nc(N)[nH]c(=O)c3n2)cc1)C(=O)O)COCCC(=O)NCCOCCOCCC(=O)NCc1ccc(C[C@H]2CC(=O)[C@H](CC(=O)O)NC(=O)CNC(=O)[C@H](CCCN=C(N)N)CC(=O)[C@H](C(C)C)N(C)C2=O)cc1.S. The number of aliphatic hydroxyl groups excluding tert-OH is 1. The molecule has 1 unspecified atom stereocenters. The highest BCUT2D eigenvalue weighted by molar-refractivity contribution is 7.59. The van der Waals surface area contributed by atoms with E-state index in [0.29, 0.717) is 35.3 Å². The van der Waals surface area contributed by atoms with Gasteiger partial charge < -0.3 is 108 Å². The molecule has 1 aliphatic heterocycles. The molecule has 7 amide bonds. The molecule has 0 radical (unpaired) electrons. The van der Waals surface area contributed by atoms with Crippen molar-refractivity contribution in [3.8, 4) is 0 Å². The van der Waals surface area contributed by atoms with Crippen molar-refractivity contribution in [1.29, 1.82) is 0 Å². The average molecular weight is 1730 g/mol. The number of rotatable bonds is 52. The summed E-state index contributed by atoms with van der Waals surface area (Å²) in [6.07, 6.45) is 0.535. The molecule has 0 bridgehead atoms. The molecular weight excluding hydrogens is 1600 g/mol. The minimum atomic E-state index is -1.54. The molecule has 2 aromatic carbocycles. The quantitative estimate of drug-likeness (QED) is 0.0171. The highest BCUT2D eigenvalue weighted by atomic mass is 32.1. The summed E-state index contributed by atoms with van der Waals surface area (Å²) in [4.78, 5) is 200. The maximum atomic E-state index is 14.5. The van der Waals surface area contributed by atoms with Crippen LogP contribution in [0.5, 0.6) is 0 Å². The Morgan fingerprint density at radius 3 is 1.81 bits per heavy atom. The van der Waals surface area contributed by atoms with Crippen molar-refractivity contribution in [2.24, 2.45) is 39.6 Å². The van der Waals surface area contributed by atoms with Gasteiger partial charge in [-0.2, -0.15) is 18.5 Å². The maximum Gasteiger partial charge on any atom is 0.326 e. The lowest BCUT2D eigenvalue weighted by atomic mass is 9.85. The molecule has 1 aliphatic rings. The Labute approximate surface area is 712 Å². The zero-order chi connectivity index (χ0) is 88.2. The van der Waals surface area contributed by atoms with E-state index >= 15 is 0 Å². The predicted octanol–water partition coefficient (Wildman–Crippen LogP) is 2.12. The van der Waals surface area contributed by atoms with E-state index in [-0.39, 0.29) is 255 Å². The van der Waals surface area contributed by atoms with E-state index in [9.17, 15) is 82.4 Å². The van der Waals surface area contributed by atoms with Gasteiger partial charge in [0, 0.05) is 120 Å². The first-order valence-corrected chi connectivity index (χ1v) is 40.0. The number of aromatic amines is 1. The van der Waals surface area contributed by atoms with Gasteiger partial charge in [0.25, 0.3) is 11.5 Å². The van der Waals surface area contributed by atoms with E-state index in [1.165, 1.54) is 37.2 Å². The second kappa shape index (κ2) is 60.9. The van der Waals surface area contributed by atoms with Gasteiger partial charge in [0.15, 0.2) is 28.7 Å². The Balaban J connectivity index is 0.0000120. The van der Waals surface area contributed by atoms with Crippen LogP contribution in [0.4, 0.5) is 11.6 Å². The molecule has 1 saturated heterocycles. The van der Waals surface area contributed by atoms with E-state index < -0.39 is 120 Å². The third kappa shape index (κ3) is 43.5. The molecule has 5 rings (SSSR count). The van der Waals surface area contributed by atoms with Crippen molar-refractivity contribution < 1.29 is 106 Å². The Morgan fingerprint density at radius 1 is 0.686 bits per heavy atom. The number of nitrogens with zero attached hydrogens (tertiary/aromatic N) is 5. The van der Waals surface area contributed by atoms with Crippen LogP contribution >= 0.6 is 13.5 Å². The fraction of sp³-hybridized carbons (Fsp3) is 0.605. The zero-order valence-electron chi connectivity index (χ0n) is 70.0. The van der Waals surface area contributed by atoms with Crippen molar-refractivity contribution in [3.05, 3.63) is 87.5 Å². The molecule has 0 aliphatic carbocycles. The van der Waals surface area contributed by atoms with Crippen molar-refractivity contribution in [2.45, 2.75) is 177 Å². The number of aliphatic imine (C=N–C) groups is 1. The van der Waals surface area contributed by atoms with Crippen LogP contribution in [0.1, 0.15) is 167 Å². The van der Waals surface area contributed by atoms with Gasteiger partial charge in [0.1, 0.15) is 17.6 Å². The number of benzene rings is 2. The first kappa shape index (κ1) is 109. The van der Waals surface area contributed by atoms with Gasteiger partial charge in [-0.25, -0.2) is 14.8 Å². The van der Waals surface area contributed by atoms with Crippen molar-refractivity contribution in [3.63, 3.8) is 0 Å². The van der Waals surface area contributed by atoms with E-state index in [0.717, 1.165) is 0 Å². The summed E-state index contributed by atoms with van der Waals surface area (Å²) in [6.45, 7) is 13.8. The van der Waals surface area contributed by atoms with Crippen molar-refractivity contribution in [1.82, 2.24) is 56.7 Å². The molecule has 40 heteroatoms. The summed E-state index contributed by atoms with van der Waals surface area (Å²) in [7, 11) is 1.44. The van der Waals surface area contributed by atoms with Crippen LogP contribution in [-0.2, 0) is 105 Å². The standard InChI is InChI=1S/C76H110N16O23.2C2H6.CH4.H2S/c1-47(2)67-60(97)36-52(7-5-22-82-74(77)78)69(104)86-43-64(101)88-58(38-65(102)103)59(96)37-53(72(107)92(67)4)35-49-9-11-50(12-10-49)40-84-63(100)19-26-111-32-34-113-30-24-81-62(99)21-28-115-46-76(44-93,39-48(3)94)45-114-27-20-61(98)80-23-29-112-33-31-110-25-6-8-56(95)17-18-57(73(108)109)89-70(105)51-13-15-54(16-14-51)83-41-55-42-85-68-66(87-55)71(106)91-75(79)90-68;2*1-2;;/h9-16,42,47,52-53,57-58,67,83,93H,5-8,17-41,43-46H2,1-4H3,(H,80,98)(H,81,99)(H,84,100)(H,86,104)(H,88,101)(H,89,105)(H,102,103)(H,108,109)(H4,77,78,82)(H3,79,85,90,91,106);2*1-2H3;1H4;1H2/t52-,53+,57+,58+,67+,76?;;;;/m1..../s1. The van der Waals surface area contributed by atoms with Gasteiger partial charge >= 0.3 is 11.9 Å². The number of nitrogens with two attached hydrogens (primary N) is 3. The largest absolute Gasteiger partial charge is 0.481 e. The third-order valence-electron chi connectivity index (χ3n) is 18.1. The van der Waals surface area contributed by atoms with Crippen LogP contribution in [0.2, 0.25) is 0 Å². The highest BCUT2D eigenvalue weighted by Gasteiger charge is 2.39. The summed E-state index contributed by atoms with van der Waals surface area (Å²) in [5.74, 6) is -10.6. The molecule has 4 aromatic rings. The summed E-state index contributed by atoms with van der Waals surface area (Å²) < 4.78 is 33.6. The Morgan fingerprint density at radius 2 is 1.25 bits per heavy atom. The molecule has 0 spiro atoms. The topological polar surface area (TPSA) is 587 Å². The number of fused-ring (bicyclic) bond motifs is 1. The van der Waals surface area contributed by atoms with Gasteiger partial charge in [-0.3, -0.25) is 67.5 Å². The lowest BCUT2D eigenvalue weighted by molar-refractivity contribution is -0.145. The summed E-state index contributed by atoms with van der Waals surface area (Å²) >= 11 is 0. The lowest BCUT2D eigenvalue weighted by Crippen LogP contribution is -2.50. The molecule has 0 saturated carbocycles. The Kier molecular flexibility index (Phi) is 54.6. The van der Waals surface area contributed by atoms with Gasteiger partial charge in [-0.1, -0.05) is 73.2 Å². The number of aliphatic hydroxyl groups is 1. The van der Waals surface area contributed by atoms with Crippen LogP contribution in [0, 0.1) is 23.2 Å². The van der Waals surface area contributed by atoms with Gasteiger partial charge in [-0.15, -0.1) is 0 Å². The number of carboxylic acid groups (broad SMARTS) is 2. The molecular formula is C81H128N16O23S. The molecule has 39 nitrogen and oxygen atoms in total. The number of hydrogen-bond acceptors (Lipinski definition) is 27. The van der Waals surface area contributed by atoms with E-state index in [4.69, 9.17) is 45.6 Å². The minimum absolute atomic E-state index is 0. The van der Waals surface area contributed by atoms with Crippen LogP contribution in [0.3, 0.4) is 0 Å². The van der Waals surface area contributed by atoms with Gasteiger partial charge in [0.2, 0.25) is 41.4 Å². The number of carbonyl (C=O) groups is 13. The van der Waals surface area contributed by atoms with Crippen LogP contribution in [0.15, 0.2) is 64.5 Å². The Hall–Kier alpha value is -10.5. The minimum Gasteiger partial charge on any atom is -0.481 e. The van der Waals surface area contributed by atoms with Crippen molar-refractivity contribution >= 4 is 119 Å². The number of aromatic nitrogens is 4. The first-order chi connectivity index (χ1) is 56.9. The van der Waals surface area contributed by atoms with Crippen LogP contribution in [-0.4, -0.2) is 260 Å². The second-order valence-corrected chi connectivity index (χ2v) is 28.1. The monoisotopic (exact) mass is 1720 g/mol. The third-order valence-corrected chi connectivity index (χ3v) is 18.1. The second-order valence-electron chi connectivity index (χ2n) is 28.1. The summed E-state index contributed by atoms with van der Waals surface area (Å²) in [5, 5.41) is 48.4. The average Bonchev–Trinajstić information content (AvgIpc) is 1.18. The number of aliphatic carboxylic acids is 2. The number of amides is 7. The number of ether oxygens (including phenoxy) is 6. The normalized spacial score (nSPS) is 15.7. The number of carboxylic acids is 2. The molecule has 2 aromatic heterocycles.